The van der Waals surface area contributed by atoms with Crippen LogP contribution in [0.3, 0.4) is 0 Å². The van der Waals surface area contributed by atoms with Crippen LogP contribution in [0, 0.1) is 24.0 Å². The molecular weight excluding hydrogens is 284 g/mol. The maximum absolute atomic E-state index is 12.5. The first-order valence-electron chi connectivity index (χ1n) is 6.99. The Kier molecular flexibility index (Phi) is 4.55. The fourth-order valence-electron chi connectivity index (χ4n) is 2.30. The van der Waals surface area contributed by atoms with Crippen LogP contribution in [-0.4, -0.2) is 20.6 Å². The molecule has 0 bridgehead atoms. The number of nitrogens with one attached hydrogen (secondary N) is 1. The summed E-state index contributed by atoms with van der Waals surface area (Å²) in [5, 5.41) is 17.6. The molecule has 0 aliphatic carbocycles. The Morgan fingerprint density at radius 3 is 2.55 bits per heavy atom. The molecule has 1 N–H and O–H groups in total. The van der Waals surface area contributed by atoms with Crippen LogP contribution in [0.5, 0.6) is 0 Å². The zero-order valence-corrected chi connectivity index (χ0v) is 12.7. The van der Waals surface area contributed by atoms with E-state index in [4.69, 9.17) is 0 Å². The van der Waals surface area contributed by atoms with E-state index in [-0.39, 0.29) is 11.6 Å². The van der Waals surface area contributed by atoms with Crippen LogP contribution in [0.15, 0.2) is 30.6 Å². The molecule has 2 rings (SSSR count). The van der Waals surface area contributed by atoms with Gasteiger partial charge < -0.3 is 5.32 Å². The summed E-state index contributed by atoms with van der Waals surface area (Å²) >= 11 is 0. The minimum Gasteiger partial charge on any atom is -0.324 e. The molecule has 116 valence electrons. The SMILES string of the molecule is CCC(C(=O)Nc1c(C)cccc1C)n1cc([N+](=O)[O-])cn1. The van der Waals surface area contributed by atoms with E-state index in [1.165, 1.54) is 10.9 Å². The van der Waals surface area contributed by atoms with E-state index >= 15 is 0 Å². The molecule has 1 heterocycles. The molecule has 1 aromatic heterocycles. The van der Waals surface area contributed by atoms with Gasteiger partial charge in [-0.3, -0.25) is 19.6 Å². The van der Waals surface area contributed by atoms with Gasteiger partial charge in [-0.1, -0.05) is 25.1 Å². The number of amides is 1. The van der Waals surface area contributed by atoms with Crippen molar-refractivity contribution in [1.82, 2.24) is 9.78 Å². The van der Waals surface area contributed by atoms with Gasteiger partial charge in [-0.05, 0) is 31.4 Å². The van der Waals surface area contributed by atoms with Crippen molar-refractivity contribution in [3.63, 3.8) is 0 Å². The number of rotatable bonds is 5. The van der Waals surface area contributed by atoms with Crippen LogP contribution in [0.4, 0.5) is 11.4 Å². The molecule has 1 amide bonds. The fourth-order valence-corrected chi connectivity index (χ4v) is 2.30. The third-order valence-electron chi connectivity index (χ3n) is 3.54. The number of carbonyl (C=O) groups is 1. The number of hydrogen-bond acceptors (Lipinski definition) is 4. The lowest BCUT2D eigenvalue weighted by molar-refractivity contribution is -0.385. The largest absolute Gasteiger partial charge is 0.324 e. The summed E-state index contributed by atoms with van der Waals surface area (Å²) in [6.45, 7) is 5.67. The minimum absolute atomic E-state index is 0.127. The van der Waals surface area contributed by atoms with E-state index in [1.54, 1.807) is 0 Å². The normalized spacial score (nSPS) is 12.0. The number of para-hydroxylation sites is 1. The predicted molar refractivity (Wildman–Crippen MR) is 82.8 cm³/mol. The molecular formula is C15H18N4O3. The van der Waals surface area contributed by atoms with Gasteiger partial charge in [-0.2, -0.15) is 5.10 Å². The topological polar surface area (TPSA) is 90.1 Å². The van der Waals surface area contributed by atoms with Crippen molar-refractivity contribution in [3.05, 3.63) is 51.8 Å². The summed E-state index contributed by atoms with van der Waals surface area (Å²) < 4.78 is 1.33. The van der Waals surface area contributed by atoms with Gasteiger partial charge in [-0.25, -0.2) is 0 Å². The average molecular weight is 302 g/mol. The number of carbonyl (C=O) groups excluding carboxylic acids is 1. The molecule has 0 saturated carbocycles. The number of aromatic nitrogens is 2. The highest BCUT2D eigenvalue weighted by atomic mass is 16.6. The van der Waals surface area contributed by atoms with Gasteiger partial charge in [0.1, 0.15) is 18.4 Å². The van der Waals surface area contributed by atoms with Crippen molar-refractivity contribution in [2.75, 3.05) is 5.32 Å². The highest BCUT2D eigenvalue weighted by Crippen LogP contribution is 2.22. The Balaban J connectivity index is 2.23. The number of anilines is 1. The Labute approximate surface area is 128 Å². The molecule has 0 saturated heterocycles. The Hall–Kier alpha value is -2.70. The molecule has 0 fully saturated rings. The van der Waals surface area contributed by atoms with Gasteiger partial charge in [0.2, 0.25) is 5.91 Å². The fraction of sp³-hybridized carbons (Fsp3) is 0.333. The van der Waals surface area contributed by atoms with Gasteiger partial charge in [-0.15, -0.1) is 0 Å². The van der Waals surface area contributed by atoms with Crippen LogP contribution >= 0.6 is 0 Å². The van der Waals surface area contributed by atoms with Gasteiger partial charge in [0.15, 0.2) is 0 Å². The van der Waals surface area contributed by atoms with Crippen molar-refractivity contribution in [2.45, 2.75) is 33.2 Å². The second-order valence-electron chi connectivity index (χ2n) is 5.12. The van der Waals surface area contributed by atoms with Crippen molar-refractivity contribution in [2.24, 2.45) is 0 Å². The second-order valence-corrected chi connectivity index (χ2v) is 5.12. The molecule has 1 atom stereocenters. The van der Waals surface area contributed by atoms with Crippen LogP contribution < -0.4 is 5.32 Å². The summed E-state index contributed by atoms with van der Waals surface area (Å²) in [5.41, 5.74) is 2.58. The first-order chi connectivity index (χ1) is 10.4. The molecule has 22 heavy (non-hydrogen) atoms. The van der Waals surface area contributed by atoms with Crippen LogP contribution in [0.25, 0.3) is 0 Å². The molecule has 2 aromatic rings. The number of benzene rings is 1. The molecule has 1 unspecified atom stereocenters. The lowest BCUT2D eigenvalue weighted by Crippen LogP contribution is -2.26. The van der Waals surface area contributed by atoms with Crippen molar-refractivity contribution < 1.29 is 9.72 Å². The summed E-state index contributed by atoms with van der Waals surface area (Å²) in [4.78, 5) is 22.7. The first-order valence-corrected chi connectivity index (χ1v) is 6.99. The van der Waals surface area contributed by atoms with E-state index in [2.05, 4.69) is 10.4 Å². The standard InChI is InChI=1S/C15H18N4O3/c1-4-13(18-9-12(8-16-18)19(21)22)15(20)17-14-10(2)6-5-7-11(14)3/h5-9,13H,4H2,1-3H3,(H,17,20). The Bertz CT molecular complexity index is 688. The quantitative estimate of drug-likeness (QED) is 0.679. The summed E-state index contributed by atoms with van der Waals surface area (Å²) in [6.07, 6.45) is 2.91. The minimum atomic E-state index is -0.590. The highest BCUT2D eigenvalue weighted by Gasteiger charge is 2.22. The summed E-state index contributed by atoms with van der Waals surface area (Å²) in [5.74, 6) is -0.238. The maximum atomic E-state index is 12.5. The monoisotopic (exact) mass is 302 g/mol. The number of nitro groups is 1. The third kappa shape index (κ3) is 3.13. The molecule has 1 aromatic carbocycles. The third-order valence-corrected chi connectivity index (χ3v) is 3.54. The van der Waals surface area contributed by atoms with Gasteiger partial charge in [0, 0.05) is 5.69 Å². The summed E-state index contributed by atoms with van der Waals surface area (Å²) in [6, 6.07) is 5.17. The molecule has 7 nitrogen and oxygen atoms in total. The predicted octanol–water partition coefficient (Wildman–Crippen LogP) is 3.00. The number of hydrogen-bond donors (Lipinski definition) is 1. The van der Waals surface area contributed by atoms with Crippen LogP contribution in [0.1, 0.15) is 30.5 Å². The first kappa shape index (κ1) is 15.7. The lowest BCUT2D eigenvalue weighted by atomic mass is 10.1. The number of aryl methyl sites for hydroxylation is 2. The maximum Gasteiger partial charge on any atom is 0.307 e. The Morgan fingerprint density at radius 1 is 1.41 bits per heavy atom. The highest BCUT2D eigenvalue weighted by molar-refractivity contribution is 5.95. The lowest BCUT2D eigenvalue weighted by Gasteiger charge is -2.17. The molecule has 0 aliphatic rings. The van der Waals surface area contributed by atoms with E-state index in [1.807, 2.05) is 39.0 Å². The van der Waals surface area contributed by atoms with Crippen molar-refractivity contribution in [3.8, 4) is 0 Å². The summed E-state index contributed by atoms with van der Waals surface area (Å²) in [7, 11) is 0. The molecule has 7 heteroatoms. The van der Waals surface area contributed by atoms with E-state index in [9.17, 15) is 14.9 Å². The second kappa shape index (κ2) is 6.38. The van der Waals surface area contributed by atoms with Crippen LogP contribution in [0.2, 0.25) is 0 Å². The van der Waals surface area contributed by atoms with Crippen molar-refractivity contribution in [1.29, 1.82) is 0 Å². The van der Waals surface area contributed by atoms with Crippen LogP contribution in [-0.2, 0) is 4.79 Å². The molecule has 0 radical (unpaired) electrons. The average Bonchev–Trinajstić information content (AvgIpc) is 2.94. The smallest absolute Gasteiger partial charge is 0.307 e. The van der Waals surface area contributed by atoms with Crippen molar-refractivity contribution >= 4 is 17.3 Å². The van der Waals surface area contributed by atoms with E-state index < -0.39 is 11.0 Å². The number of nitrogens with zero attached hydrogens (tertiary/aromatic N) is 3. The zero-order chi connectivity index (χ0) is 16.3. The van der Waals surface area contributed by atoms with E-state index in [0.717, 1.165) is 23.0 Å². The molecule has 0 spiro atoms. The Morgan fingerprint density at radius 2 is 2.05 bits per heavy atom. The zero-order valence-electron chi connectivity index (χ0n) is 12.7. The van der Waals surface area contributed by atoms with Gasteiger partial charge in [0.05, 0.1) is 4.92 Å². The van der Waals surface area contributed by atoms with E-state index in [0.29, 0.717) is 6.42 Å². The van der Waals surface area contributed by atoms with Gasteiger partial charge >= 0.3 is 5.69 Å². The van der Waals surface area contributed by atoms with Gasteiger partial charge in [0.25, 0.3) is 0 Å². The molecule has 0 aliphatic heterocycles.